The van der Waals surface area contributed by atoms with E-state index in [2.05, 4.69) is 5.32 Å². The number of hydrogen-bond acceptors (Lipinski definition) is 5. The average Bonchev–Trinajstić information content (AvgIpc) is 2.92. The second-order valence-electron chi connectivity index (χ2n) is 4.60. The van der Waals surface area contributed by atoms with Gasteiger partial charge in [-0.05, 0) is 12.8 Å². The number of nitrogens with zero attached hydrogens (tertiary/aromatic N) is 2. The number of carbonyl (C=O) groups is 1. The molecule has 1 aliphatic rings. The molecule has 1 saturated heterocycles. The molecule has 7 nitrogen and oxygen atoms in total. The minimum Gasteiger partial charge on any atom is -0.376 e. The van der Waals surface area contributed by atoms with Crippen LogP contribution in [0, 0.1) is 0 Å². The van der Waals surface area contributed by atoms with E-state index in [0.29, 0.717) is 12.8 Å². The summed E-state index contributed by atoms with van der Waals surface area (Å²) in [4.78, 5) is 34.7. The van der Waals surface area contributed by atoms with Crippen molar-refractivity contribution in [3.63, 3.8) is 0 Å². The maximum atomic E-state index is 11.8. The van der Waals surface area contributed by atoms with Crippen LogP contribution >= 0.6 is 0 Å². The van der Waals surface area contributed by atoms with E-state index >= 15 is 0 Å². The highest BCUT2D eigenvalue weighted by molar-refractivity contribution is 5.81. The molecule has 19 heavy (non-hydrogen) atoms. The fourth-order valence-electron chi connectivity index (χ4n) is 2.21. The molecule has 1 aliphatic heterocycles. The Morgan fingerprint density at radius 3 is 2.68 bits per heavy atom. The van der Waals surface area contributed by atoms with Gasteiger partial charge in [-0.25, -0.2) is 4.79 Å². The molecule has 1 unspecified atom stereocenters. The molecule has 0 radical (unpaired) electrons. The maximum absolute atomic E-state index is 11.8. The predicted molar refractivity (Wildman–Crippen MR) is 69.8 cm³/mol. The van der Waals surface area contributed by atoms with Crippen molar-refractivity contribution in [1.29, 1.82) is 0 Å². The molecule has 104 valence electrons. The summed E-state index contributed by atoms with van der Waals surface area (Å²) in [5.41, 5.74) is -1.10. The summed E-state index contributed by atoms with van der Waals surface area (Å²) in [7, 11) is 2.87. The molecule has 0 bridgehead atoms. The first-order chi connectivity index (χ1) is 9.06. The van der Waals surface area contributed by atoms with Crippen LogP contribution < -0.4 is 16.6 Å². The molecule has 1 atom stereocenters. The molecule has 0 aromatic carbocycles. The van der Waals surface area contributed by atoms with Gasteiger partial charge in [0.1, 0.15) is 11.4 Å². The molecular weight excluding hydrogens is 250 g/mol. The second kappa shape index (κ2) is 5.40. The van der Waals surface area contributed by atoms with Crippen molar-refractivity contribution in [1.82, 2.24) is 9.13 Å². The maximum Gasteiger partial charge on any atom is 0.332 e. The van der Waals surface area contributed by atoms with Crippen LogP contribution in [-0.4, -0.2) is 34.7 Å². The highest BCUT2D eigenvalue weighted by atomic mass is 16.5. The standard InChI is InChI=1S/C12H17N3O4/c1-14-10(13-6-8-4-3-5-19-8)9(7-16)11(17)15(2)12(14)18/h7-8,13H,3-6H2,1-2H3. The van der Waals surface area contributed by atoms with E-state index in [1.807, 2.05) is 0 Å². The first-order valence-corrected chi connectivity index (χ1v) is 6.17. The smallest absolute Gasteiger partial charge is 0.332 e. The summed E-state index contributed by atoms with van der Waals surface area (Å²) in [5.74, 6) is 0.249. The van der Waals surface area contributed by atoms with Crippen molar-refractivity contribution in [3.8, 4) is 0 Å². The summed E-state index contributed by atoms with van der Waals surface area (Å²) in [5, 5.41) is 2.98. The minimum atomic E-state index is -0.590. The Labute approximate surface area is 109 Å². The quantitative estimate of drug-likeness (QED) is 0.743. The first kappa shape index (κ1) is 13.5. The van der Waals surface area contributed by atoms with Crippen LogP contribution in [0.4, 0.5) is 5.82 Å². The lowest BCUT2D eigenvalue weighted by Gasteiger charge is -2.16. The van der Waals surface area contributed by atoms with Gasteiger partial charge >= 0.3 is 5.69 Å². The van der Waals surface area contributed by atoms with Gasteiger partial charge in [-0.2, -0.15) is 0 Å². The van der Waals surface area contributed by atoms with Crippen LogP contribution in [0.25, 0.3) is 0 Å². The number of anilines is 1. The molecule has 2 heterocycles. The largest absolute Gasteiger partial charge is 0.376 e. The van der Waals surface area contributed by atoms with E-state index in [-0.39, 0.29) is 17.5 Å². The Bertz CT molecular complexity index is 596. The number of aldehydes is 1. The summed E-state index contributed by atoms with van der Waals surface area (Å²) in [6.45, 7) is 1.20. The van der Waals surface area contributed by atoms with Crippen molar-refractivity contribution < 1.29 is 9.53 Å². The summed E-state index contributed by atoms with van der Waals surface area (Å²) < 4.78 is 7.63. The molecule has 2 rings (SSSR count). The van der Waals surface area contributed by atoms with Crippen molar-refractivity contribution in [2.45, 2.75) is 18.9 Å². The number of aromatic nitrogens is 2. The molecule has 0 aliphatic carbocycles. The molecule has 1 aromatic heterocycles. The fraction of sp³-hybridized carbons (Fsp3) is 0.583. The van der Waals surface area contributed by atoms with E-state index in [1.54, 1.807) is 0 Å². The lowest BCUT2D eigenvalue weighted by molar-refractivity contribution is 0.111. The van der Waals surface area contributed by atoms with Crippen LogP contribution in [0.15, 0.2) is 9.59 Å². The lowest BCUT2D eigenvalue weighted by Crippen LogP contribution is -2.41. The third-order valence-electron chi connectivity index (χ3n) is 3.34. The van der Waals surface area contributed by atoms with Crippen molar-refractivity contribution >= 4 is 12.1 Å². The summed E-state index contributed by atoms with van der Waals surface area (Å²) in [6, 6.07) is 0. The van der Waals surface area contributed by atoms with E-state index in [0.717, 1.165) is 24.0 Å². The third kappa shape index (κ3) is 2.46. The molecule has 0 amide bonds. The van der Waals surface area contributed by atoms with E-state index in [4.69, 9.17) is 4.74 Å². The zero-order valence-corrected chi connectivity index (χ0v) is 11.0. The number of nitrogens with one attached hydrogen (secondary N) is 1. The normalized spacial score (nSPS) is 18.5. The van der Waals surface area contributed by atoms with Crippen LogP contribution in [0.3, 0.4) is 0 Å². The topological polar surface area (TPSA) is 82.3 Å². The highest BCUT2D eigenvalue weighted by Gasteiger charge is 2.19. The number of carbonyl (C=O) groups excluding carboxylic acids is 1. The number of ether oxygens (including phenoxy) is 1. The first-order valence-electron chi connectivity index (χ1n) is 6.17. The van der Waals surface area contributed by atoms with Gasteiger partial charge in [-0.15, -0.1) is 0 Å². The van der Waals surface area contributed by atoms with E-state index in [9.17, 15) is 14.4 Å². The molecule has 1 aromatic rings. The molecule has 7 heteroatoms. The number of hydrogen-bond donors (Lipinski definition) is 1. The van der Waals surface area contributed by atoms with Gasteiger partial charge in [0.2, 0.25) is 0 Å². The lowest BCUT2D eigenvalue weighted by atomic mass is 10.2. The van der Waals surface area contributed by atoms with Gasteiger partial charge in [0.15, 0.2) is 6.29 Å². The van der Waals surface area contributed by atoms with Crippen molar-refractivity contribution in [3.05, 3.63) is 26.4 Å². The van der Waals surface area contributed by atoms with Gasteiger partial charge in [-0.3, -0.25) is 18.7 Å². The van der Waals surface area contributed by atoms with Crippen LogP contribution in [-0.2, 0) is 18.8 Å². The predicted octanol–water partition coefficient (Wildman–Crippen LogP) is -0.513. The van der Waals surface area contributed by atoms with Gasteiger partial charge < -0.3 is 10.1 Å². The molecule has 1 N–H and O–H groups in total. The van der Waals surface area contributed by atoms with Gasteiger partial charge in [0, 0.05) is 27.2 Å². The second-order valence-corrected chi connectivity index (χ2v) is 4.60. The summed E-state index contributed by atoms with van der Waals surface area (Å²) >= 11 is 0. The third-order valence-corrected chi connectivity index (χ3v) is 3.34. The summed E-state index contributed by atoms with van der Waals surface area (Å²) in [6.07, 6.45) is 2.46. The van der Waals surface area contributed by atoms with Crippen LogP contribution in [0.2, 0.25) is 0 Å². The Balaban J connectivity index is 2.35. The van der Waals surface area contributed by atoms with Crippen molar-refractivity contribution in [2.24, 2.45) is 14.1 Å². The Kier molecular flexibility index (Phi) is 3.84. The van der Waals surface area contributed by atoms with E-state index < -0.39 is 11.2 Å². The van der Waals surface area contributed by atoms with Crippen molar-refractivity contribution in [2.75, 3.05) is 18.5 Å². The minimum absolute atomic E-state index is 0.0393. The SMILES string of the molecule is Cn1c(NCC2CCCO2)c(C=O)c(=O)n(C)c1=O. The zero-order valence-electron chi connectivity index (χ0n) is 11.0. The molecule has 1 fully saturated rings. The average molecular weight is 267 g/mol. The number of rotatable bonds is 4. The molecule has 0 spiro atoms. The van der Waals surface area contributed by atoms with Gasteiger partial charge in [0.25, 0.3) is 5.56 Å². The fourth-order valence-corrected chi connectivity index (χ4v) is 2.21. The highest BCUT2D eigenvalue weighted by Crippen LogP contribution is 2.13. The molecule has 0 saturated carbocycles. The molecular formula is C12H17N3O4. The van der Waals surface area contributed by atoms with Gasteiger partial charge in [-0.1, -0.05) is 0 Å². The Morgan fingerprint density at radius 1 is 1.37 bits per heavy atom. The Hall–Kier alpha value is -1.89. The van der Waals surface area contributed by atoms with E-state index in [1.165, 1.54) is 18.7 Å². The van der Waals surface area contributed by atoms with Gasteiger partial charge in [0.05, 0.1) is 6.10 Å². The monoisotopic (exact) mass is 267 g/mol. The van der Waals surface area contributed by atoms with Crippen LogP contribution in [0.1, 0.15) is 23.2 Å². The van der Waals surface area contributed by atoms with Crippen LogP contribution in [0.5, 0.6) is 0 Å². The Morgan fingerprint density at radius 2 is 2.11 bits per heavy atom. The zero-order chi connectivity index (χ0) is 14.0.